The summed E-state index contributed by atoms with van der Waals surface area (Å²) in [5, 5.41) is 0.616. The van der Waals surface area contributed by atoms with E-state index in [1.807, 2.05) is 0 Å². The largest absolute Gasteiger partial charge is 0.465 e. The number of nitrogens with zero attached hydrogens (tertiary/aromatic N) is 1. The van der Waals surface area contributed by atoms with Gasteiger partial charge < -0.3 is 14.1 Å². The molecule has 0 radical (unpaired) electrons. The van der Waals surface area contributed by atoms with Crippen LogP contribution in [-0.2, 0) is 9.53 Å². The molecule has 0 spiro atoms. The van der Waals surface area contributed by atoms with Crippen molar-refractivity contribution >= 4 is 39.0 Å². The second-order valence-corrected chi connectivity index (χ2v) is 4.53. The van der Waals surface area contributed by atoms with Crippen molar-refractivity contribution in [2.24, 2.45) is 0 Å². The van der Waals surface area contributed by atoms with E-state index in [4.69, 9.17) is 4.42 Å². The number of amides is 1. The number of rotatable bonds is 3. The molecule has 0 atom stereocenters. The van der Waals surface area contributed by atoms with Gasteiger partial charge in [0.25, 0.3) is 0 Å². The van der Waals surface area contributed by atoms with Crippen molar-refractivity contribution in [1.82, 2.24) is 0 Å². The summed E-state index contributed by atoms with van der Waals surface area (Å²) in [5.41, 5.74) is -0.582. The number of thiophene rings is 1. The highest BCUT2D eigenvalue weighted by Crippen LogP contribution is 2.31. The standard InChI is InChI=1S/C11H9NO5S/c1-12(5-13)9-4-7-8(18-9)3-6(10(14)16-2)11(15)17-7/h3-5H,1-2H3. The lowest BCUT2D eigenvalue weighted by atomic mass is 10.3. The van der Waals surface area contributed by atoms with E-state index in [-0.39, 0.29) is 5.56 Å². The Morgan fingerprint density at radius 3 is 2.83 bits per heavy atom. The number of ether oxygens (including phenoxy) is 1. The van der Waals surface area contributed by atoms with Gasteiger partial charge in [-0.05, 0) is 6.07 Å². The fraction of sp³-hybridized carbons (Fsp3) is 0.182. The Kier molecular flexibility index (Phi) is 3.15. The Morgan fingerprint density at radius 2 is 2.22 bits per heavy atom. The van der Waals surface area contributed by atoms with E-state index in [0.717, 1.165) is 0 Å². The molecule has 0 saturated heterocycles. The van der Waals surface area contributed by atoms with Crippen LogP contribution in [0.3, 0.4) is 0 Å². The third-order valence-electron chi connectivity index (χ3n) is 2.32. The van der Waals surface area contributed by atoms with Crippen molar-refractivity contribution in [2.75, 3.05) is 19.1 Å². The van der Waals surface area contributed by atoms with E-state index in [2.05, 4.69) is 4.74 Å². The van der Waals surface area contributed by atoms with Crippen molar-refractivity contribution in [1.29, 1.82) is 0 Å². The lowest BCUT2D eigenvalue weighted by Crippen LogP contribution is -2.14. The van der Waals surface area contributed by atoms with Gasteiger partial charge in [-0.15, -0.1) is 11.3 Å². The minimum atomic E-state index is -0.757. The maximum absolute atomic E-state index is 11.5. The maximum atomic E-state index is 11.5. The minimum absolute atomic E-state index is 0.160. The molecule has 94 valence electrons. The fourth-order valence-electron chi connectivity index (χ4n) is 1.38. The van der Waals surface area contributed by atoms with E-state index in [0.29, 0.717) is 21.7 Å². The van der Waals surface area contributed by atoms with Crippen LogP contribution >= 0.6 is 11.3 Å². The predicted molar refractivity (Wildman–Crippen MR) is 66.2 cm³/mol. The van der Waals surface area contributed by atoms with Gasteiger partial charge in [-0.2, -0.15) is 0 Å². The summed E-state index contributed by atoms with van der Waals surface area (Å²) in [4.78, 5) is 34.9. The van der Waals surface area contributed by atoms with Gasteiger partial charge >= 0.3 is 11.6 Å². The summed E-state index contributed by atoms with van der Waals surface area (Å²) in [6, 6.07) is 2.97. The molecule has 0 aliphatic rings. The topological polar surface area (TPSA) is 76.8 Å². The number of methoxy groups -OCH3 is 1. The average Bonchev–Trinajstić information content (AvgIpc) is 2.78. The first kappa shape index (κ1) is 12.3. The highest BCUT2D eigenvalue weighted by atomic mass is 32.1. The number of fused-ring (bicyclic) bond motifs is 1. The van der Waals surface area contributed by atoms with Crippen LogP contribution in [0.15, 0.2) is 21.3 Å². The molecular formula is C11H9NO5S. The van der Waals surface area contributed by atoms with Crippen molar-refractivity contribution in [2.45, 2.75) is 0 Å². The molecule has 0 fully saturated rings. The maximum Gasteiger partial charge on any atom is 0.351 e. The molecule has 0 aromatic carbocycles. The predicted octanol–water partition coefficient (Wildman–Crippen LogP) is 1.23. The Morgan fingerprint density at radius 1 is 1.50 bits per heavy atom. The average molecular weight is 267 g/mol. The molecule has 2 aromatic rings. The summed E-state index contributed by atoms with van der Waals surface area (Å²) in [5.74, 6) is -0.746. The lowest BCUT2D eigenvalue weighted by Gasteiger charge is -2.04. The SMILES string of the molecule is COC(=O)c1cc2sc(N(C)C=O)cc2oc1=O. The van der Waals surface area contributed by atoms with Gasteiger partial charge in [-0.25, -0.2) is 9.59 Å². The zero-order valence-corrected chi connectivity index (χ0v) is 10.4. The van der Waals surface area contributed by atoms with Gasteiger partial charge in [-0.1, -0.05) is 0 Å². The van der Waals surface area contributed by atoms with Gasteiger partial charge in [0.1, 0.15) is 10.6 Å². The molecule has 0 aliphatic carbocycles. The van der Waals surface area contributed by atoms with Crippen molar-refractivity contribution < 1.29 is 18.7 Å². The van der Waals surface area contributed by atoms with Gasteiger partial charge in [0, 0.05) is 13.1 Å². The number of esters is 1. The smallest absolute Gasteiger partial charge is 0.351 e. The molecule has 2 rings (SSSR count). The lowest BCUT2D eigenvalue weighted by molar-refractivity contribution is -0.107. The second kappa shape index (κ2) is 4.61. The second-order valence-electron chi connectivity index (χ2n) is 3.47. The molecule has 2 heterocycles. The molecule has 0 aliphatic heterocycles. The zero-order valence-electron chi connectivity index (χ0n) is 9.63. The van der Waals surface area contributed by atoms with E-state index in [1.165, 1.54) is 29.4 Å². The van der Waals surface area contributed by atoms with Crippen LogP contribution in [-0.4, -0.2) is 26.5 Å². The zero-order chi connectivity index (χ0) is 13.3. The van der Waals surface area contributed by atoms with Crippen LogP contribution in [0.1, 0.15) is 10.4 Å². The van der Waals surface area contributed by atoms with Crippen LogP contribution in [0.2, 0.25) is 0 Å². The molecule has 1 amide bonds. The Balaban J connectivity index is 2.61. The van der Waals surface area contributed by atoms with Crippen LogP contribution in [0.4, 0.5) is 5.00 Å². The highest BCUT2D eigenvalue weighted by molar-refractivity contribution is 7.22. The first-order chi connectivity index (χ1) is 8.56. The summed E-state index contributed by atoms with van der Waals surface area (Å²) in [7, 11) is 2.77. The van der Waals surface area contributed by atoms with Crippen LogP contribution in [0.25, 0.3) is 10.3 Å². The van der Waals surface area contributed by atoms with Crippen molar-refractivity contribution in [3.63, 3.8) is 0 Å². The normalized spacial score (nSPS) is 10.3. The quantitative estimate of drug-likeness (QED) is 0.617. The van der Waals surface area contributed by atoms with E-state index >= 15 is 0 Å². The first-order valence-corrected chi connectivity index (χ1v) is 5.72. The molecular weight excluding hydrogens is 258 g/mol. The number of hydrogen-bond donors (Lipinski definition) is 0. The van der Waals surface area contributed by atoms with E-state index in [9.17, 15) is 14.4 Å². The molecule has 6 nitrogen and oxygen atoms in total. The summed E-state index contributed by atoms with van der Waals surface area (Å²) in [6.45, 7) is 0. The summed E-state index contributed by atoms with van der Waals surface area (Å²) in [6.07, 6.45) is 0.643. The van der Waals surface area contributed by atoms with Crippen LogP contribution in [0, 0.1) is 0 Å². The molecule has 0 saturated carbocycles. The fourth-order valence-corrected chi connectivity index (χ4v) is 2.34. The van der Waals surface area contributed by atoms with Crippen LogP contribution in [0.5, 0.6) is 0 Å². The monoisotopic (exact) mass is 267 g/mol. The van der Waals surface area contributed by atoms with E-state index in [1.54, 1.807) is 13.1 Å². The first-order valence-electron chi connectivity index (χ1n) is 4.91. The number of hydrogen-bond acceptors (Lipinski definition) is 6. The summed E-state index contributed by atoms with van der Waals surface area (Å²) >= 11 is 1.23. The Labute approximate surface area is 105 Å². The molecule has 7 heteroatoms. The van der Waals surface area contributed by atoms with Gasteiger partial charge in [0.2, 0.25) is 6.41 Å². The minimum Gasteiger partial charge on any atom is -0.465 e. The number of carbonyl (C=O) groups excluding carboxylic acids is 2. The number of carbonyl (C=O) groups is 2. The van der Waals surface area contributed by atoms with Crippen LogP contribution < -0.4 is 10.5 Å². The number of anilines is 1. The van der Waals surface area contributed by atoms with Crippen molar-refractivity contribution in [3.05, 3.63) is 28.1 Å². The molecule has 0 unspecified atom stereocenters. The highest BCUT2D eigenvalue weighted by Gasteiger charge is 2.16. The van der Waals surface area contributed by atoms with E-state index < -0.39 is 11.6 Å². The molecule has 18 heavy (non-hydrogen) atoms. The van der Waals surface area contributed by atoms with Gasteiger partial charge in [-0.3, -0.25) is 4.79 Å². The molecule has 2 aromatic heterocycles. The molecule has 0 N–H and O–H groups in total. The Hall–Kier alpha value is -2.15. The Bertz CT molecular complexity index is 672. The summed E-state index contributed by atoms with van der Waals surface area (Å²) < 4.78 is 10.1. The van der Waals surface area contributed by atoms with Gasteiger partial charge in [0.15, 0.2) is 5.58 Å². The third-order valence-corrected chi connectivity index (χ3v) is 3.47. The molecule has 0 bridgehead atoms. The van der Waals surface area contributed by atoms with Gasteiger partial charge in [0.05, 0.1) is 11.8 Å². The third kappa shape index (κ3) is 2.00. The van der Waals surface area contributed by atoms with Crippen molar-refractivity contribution in [3.8, 4) is 0 Å².